The minimum absolute atomic E-state index is 0. The van der Waals surface area contributed by atoms with E-state index in [0.717, 1.165) is 24.0 Å². The van der Waals surface area contributed by atoms with E-state index in [4.69, 9.17) is 0 Å². The van der Waals surface area contributed by atoms with E-state index in [1.165, 1.54) is 11.1 Å². The van der Waals surface area contributed by atoms with Crippen LogP contribution in [0.3, 0.4) is 0 Å². The predicted octanol–water partition coefficient (Wildman–Crippen LogP) is 4.04. The summed E-state index contributed by atoms with van der Waals surface area (Å²) in [5.74, 6) is -0.0106. The Kier molecular flexibility index (Phi) is 8.86. The number of nitrogens with one attached hydrogen (secondary N) is 1. The fraction of sp³-hybridized carbons (Fsp3) is 0.333. The van der Waals surface area contributed by atoms with Gasteiger partial charge in [0.2, 0.25) is 0 Å². The van der Waals surface area contributed by atoms with Crippen LogP contribution in [0.4, 0.5) is 0 Å². The van der Waals surface area contributed by atoms with Crippen LogP contribution in [0.5, 0.6) is 0 Å². The lowest BCUT2D eigenvalue weighted by molar-refractivity contribution is 0.0628. The number of hydrogen-bond donors (Lipinski definition) is 1. The van der Waals surface area contributed by atoms with Crippen molar-refractivity contribution in [2.24, 2.45) is 0 Å². The van der Waals surface area contributed by atoms with Gasteiger partial charge in [-0.2, -0.15) is 0 Å². The van der Waals surface area contributed by atoms with E-state index in [-0.39, 0.29) is 36.8 Å². The van der Waals surface area contributed by atoms with Gasteiger partial charge in [0.15, 0.2) is 0 Å². The summed E-state index contributed by atoms with van der Waals surface area (Å²) in [5, 5.41) is 3.39. The van der Waals surface area contributed by atoms with Gasteiger partial charge in [0.25, 0.3) is 5.91 Å². The van der Waals surface area contributed by atoms with E-state index in [1.807, 2.05) is 11.0 Å². The summed E-state index contributed by atoms with van der Waals surface area (Å²) >= 11 is 3.36. The van der Waals surface area contributed by atoms with Crippen molar-refractivity contribution in [2.75, 3.05) is 19.6 Å². The first-order valence-corrected chi connectivity index (χ1v) is 8.70. The van der Waals surface area contributed by atoms with E-state index in [2.05, 4.69) is 57.4 Å². The smallest absolute Gasteiger partial charge is 0.273 e. The second-order valence-corrected chi connectivity index (χ2v) is 6.59. The average molecular weight is 447 g/mol. The lowest BCUT2D eigenvalue weighted by Crippen LogP contribution is -2.48. The van der Waals surface area contributed by atoms with Gasteiger partial charge < -0.3 is 10.2 Å². The molecule has 1 aliphatic heterocycles. The fourth-order valence-corrected chi connectivity index (χ4v) is 3.10. The molecule has 0 spiro atoms. The van der Waals surface area contributed by atoms with Gasteiger partial charge in [-0.3, -0.25) is 4.79 Å². The summed E-state index contributed by atoms with van der Waals surface area (Å²) in [4.78, 5) is 19.0. The maximum atomic E-state index is 12.8. The lowest BCUT2D eigenvalue weighted by atomic mass is 10.0. The molecule has 25 heavy (non-hydrogen) atoms. The topological polar surface area (TPSA) is 45.2 Å². The number of rotatable bonds is 3. The van der Waals surface area contributed by atoms with Crippen LogP contribution in [0.1, 0.15) is 34.6 Å². The molecule has 1 saturated heterocycles. The molecule has 1 fully saturated rings. The molecule has 3 rings (SSSR count). The Morgan fingerprint density at radius 3 is 2.56 bits per heavy atom. The predicted molar refractivity (Wildman–Crippen MR) is 109 cm³/mol. The van der Waals surface area contributed by atoms with Crippen LogP contribution in [0.2, 0.25) is 0 Å². The summed E-state index contributed by atoms with van der Waals surface area (Å²) in [7, 11) is 0. The molecular formula is C18H22BrCl2N3O. The minimum atomic E-state index is -0.0106. The van der Waals surface area contributed by atoms with Crippen molar-refractivity contribution in [3.8, 4) is 0 Å². The first kappa shape index (κ1) is 21.9. The quantitative estimate of drug-likeness (QED) is 0.773. The standard InChI is InChI=1S/C18H20BrN3O.2ClH/c1-2-13-3-5-14(6-4-13)17-12-20-9-10-22(17)18(23)16-8-7-15(19)11-21-16;;/h3-8,11,17,20H,2,9-10,12H2,1H3;2*1H. The Hall–Kier alpha value is -1.14. The van der Waals surface area contributed by atoms with Crippen molar-refractivity contribution in [3.63, 3.8) is 0 Å². The van der Waals surface area contributed by atoms with Crippen LogP contribution in [-0.2, 0) is 6.42 Å². The van der Waals surface area contributed by atoms with Crippen LogP contribution in [0.25, 0.3) is 0 Å². The highest BCUT2D eigenvalue weighted by molar-refractivity contribution is 9.10. The van der Waals surface area contributed by atoms with E-state index in [9.17, 15) is 4.79 Å². The number of piperazine rings is 1. The van der Waals surface area contributed by atoms with Gasteiger partial charge >= 0.3 is 0 Å². The Bertz CT molecular complexity index is 680. The summed E-state index contributed by atoms with van der Waals surface area (Å²) in [6.07, 6.45) is 2.69. The highest BCUT2D eigenvalue weighted by atomic mass is 79.9. The second-order valence-electron chi connectivity index (χ2n) is 5.68. The molecule has 7 heteroatoms. The first-order valence-electron chi connectivity index (χ1n) is 7.91. The van der Waals surface area contributed by atoms with E-state index >= 15 is 0 Å². The molecule has 1 N–H and O–H groups in total. The maximum absolute atomic E-state index is 12.8. The Morgan fingerprint density at radius 1 is 1.24 bits per heavy atom. The Labute approximate surface area is 169 Å². The van der Waals surface area contributed by atoms with Gasteiger partial charge in [-0.1, -0.05) is 31.2 Å². The lowest BCUT2D eigenvalue weighted by Gasteiger charge is -2.36. The molecule has 1 aromatic heterocycles. The third-order valence-corrected chi connectivity index (χ3v) is 4.69. The second kappa shape index (κ2) is 10.1. The van der Waals surface area contributed by atoms with E-state index in [0.29, 0.717) is 12.2 Å². The number of aryl methyl sites for hydroxylation is 1. The highest BCUT2D eigenvalue weighted by Gasteiger charge is 2.29. The van der Waals surface area contributed by atoms with Gasteiger partial charge in [-0.25, -0.2) is 4.98 Å². The zero-order chi connectivity index (χ0) is 16.2. The van der Waals surface area contributed by atoms with Crippen LogP contribution < -0.4 is 5.32 Å². The van der Waals surface area contributed by atoms with Crippen molar-refractivity contribution in [2.45, 2.75) is 19.4 Å². The number of benzene rings is 1. The van der Waals surface area contributed by atoms with Crippen molar-refractivity contribution in [1.29, 1.82) is 0 Å². The zero-order valence-electron chi connectivity index (χ0n) is 13.9. The monoisotopic (exact) mass is 445 g/mol. The molecule has 0 radical (unpaired) electrons. The van der Waals surface area contributed by atoms with Gasteiger partial charge in [-0.05, 0) is 45.6 Å². The molecule has 2 heterocycles. The Balaban J connectivity index is 0.00000156. The SMILES string of the molecule is CCc1ccc(C2CNCCN2C(=O)c2ccc(Br)cn2)cc1.Cl.Cl. The van der Waals surface area contributed by atoms with E-state index in [1.54, 1.807) is 12.3 Å². The fourth-order valence-electron chi connectivity index (χ4n) is 2.87. The summed E-state index contributed by atoms with van der Waals surface area (Å²) in [5.41, 5.74) is 2.97. The number of aromatic nitrogens is 1. The molecule has 1 atom stereocenters. The number of carbonyl (C=O) groups is 1. The number of pyridine rings is 1. The highest BCUT2D eigenvalue weighted by Crippen LogP contribution is 2.24. The van der Waals surface area contributed by atoms with Gasteiger partial charge in [0.1, 0.15) is 5.69 Å². The molecule has 1 aliphatic rings. The number of carbonyl (C=O) groups excluding carboxylic acids is 1. The molecule has 0 bridgehead atoms. The number of amides is 1. The summed E-state index contributed by atoms with van der Waals surface area (Å²) < 4.78 is 0.876. The van der Waals surface area contributed by atoms with Crippen LogP contribution in [0.15, 0.2) is 47.1 Å². The van der Waals surface area contributed by atoms with Gasteiger partial charge in [0, 0.05) is 30.3 Å². The summed E-state index contributed by atoms with van der Waals surface area (Å²) in [6, 6.07) is 12.2. The number of halogens is 3. The van der Waals surface area contributed by atoms with Crippen LogP contribution in [-0.4, -0.2) is 35.4 Å². The molecule has 1 aromatic carbocycles. The first-order chi connectivity index (χ1) is 11.2. The van der Waals surface area contributed by atoms with E-state index < -0.39 is 0 Å². The molecule has 1 unspecified atom stereocenters. The largest absolute Gasteiger partial charge is 0.328 e. The Morgan fingerprint density at radius 2 is 1.96 bits per heavy atom. The maximum Gasteiger partial charge on any atom is 0.273 e. The van der Waals surface area contributed by atoms with Crippen molar-refractivity contribution < 1.29 is 4.79 Å². The van der Waals surface area contributed by atoms with Gasteiger partial charge in [-0.15, -0.1) is 24.8 Å². The normalized spacial score (nSPS) is 16.6. The zero-order valence-corrected chi connectivity index (χ0v) is 17.2. The minimum Gasteiger partial charge on any atom is -0.328 e. The molecule has 2 aromatic rings. The summed E-state index contributed by atoms with van der Waals surface area (Å²) in [6.45, 7) is 4.42. The molecule has 136 valence electrons. The van der Waals surface area contributed by atoms with Crippen LogP contribution in [0, 0.1) is 0 Å². The molecule has 0 aliphatic carbocycles. The third-order valence-electron chi connectivity index (χ3n) is 4.22. The molecule has 0 saturated carbocycles. The third kappa shape index (κ3) is 5.17. The van der Waals surface area contributed by atoms with Gasteiger partial charge in [0.05, 0.1) is 6.04 Å². The van der Waals surface area contributed by atoms with Crippen molar-refractivity contribution in [1.82, 2.24) is 15.2 Å². The molecule has 1 amide bonds. The molecule has 4 nitrogen and oxygen atoms in total. The molecular weight excluding hydrogens is 425 g/mol. The number of nitrogens with zero attached hydrogens (tertiary/aromatic N) is 2. The van der Waals surface area contributed by atoms with Crippen LogP contribution >= 0.6 is 40.7 Å². The van der Waals surface area contributed by atoms with Crippen molar-refractivity contribution >= 4 is 46.7 Å². The van der Waals surface area contributed by atoms with Crippen molar-refractivity contribution in [3.05, 3.63) is 63.9 Å². The number of hydrogen-bond acceptors (Lipinski definition) is 3. The average Bonchev–Trinajstić information content (AvgIpc) is 2.62.